The van der Waals surface area contributed by atoms with Crippen molar-refractivity contribution >= 4 is 14.5 Å². The van der Waals surface area contributed by atoms with Gasteiger partial charge in [0.15, 0.2) is 0 Å². The summed E-state index contributed by atoms with van der Waals surface area (Å²) in [4.78, 5) is 2.00. The number of nitriles is 2. The first-order valence-corrected chi connectivity index (χ1v) is 4.55. The van der Waals surface area contributed by atoms with Crippen molar-refractivity contribution in [1.82, 2.24) is 0 Å². The van der Waals surface area contributed by atoms with Crippen molar-refractivity contribution in [2.75, 3.05) is 0 Å². The molecule has 0 saturated heterocycles. The Bertz CT molecular complexity index is 262. The van der Waals surface area contributed by atoms with Gasteiger partial charge in [0.2, 0.25) is 0 Å². The molecule has 0 aromatic carbocycles. The van der Waals surface area contributed by atoms with Crippen LogP contribution in [0.3, 0.4) is 0 Å². The summed E-state index contributed by atoms with van der Waals surface area (Å²) in [6.45, 7) is 0. The SMILES string of the molecule is N#CC(C#N)c1ccc[se]1. The summed E-state index contributed by atoms with van der Waals surface area (Å²) < 4.78 is 0.970. The Kier molecular flexibility index (Phi) is 2.29. The molecule has 0 amide bonds. The topological polar surface area (TPSA) is 47.6 Å². The number of nitrogens with zero attached hydrogens (tertiary/aromatic N) is 2. The van der Waals surface area contributed by atoms with E-state index < -0.39 is 5.92 Å². The summed E-state index contributed by atoms with van der Waals surface area (Å²) in [5.74, 6) is -0.519. The Labute approximate surface area is 65.1 Å². The molecular formula is C7H4N2Se. The Morgan fingerprint density at radius 3 is 2.50 bits per heavy atom. The van der Waals surface area contributed by atoms with Crippen LogP contribution in [0.1, 0.15) is 10.4 Å². The van der Waals surface area contributed by atoms with Gasteiger partial charge in [0.25, 0.3) is 0 Å². The molecule has 1 aromatic heterocycles. The van der Waals surface area contributed by atoms with Crippen LogP contribution in [0.5, 0.6) is 0 Å². The minimum atomic E-state index is -0.519. The summed E-state index contributed by atoms with van der Waals surface area (Å²) in [7, 11) is 0. The second-order valence-corrected chi connectivity index (χ2v) is 3.76. The van der Waals surface area contributed by atoms with Crippen molar-refractivity contribution in [3.05, 3.63) is 21.5 Å². The molecule has 48 valence electrons. The van der Waals surface area contributed by atoms with E-state index in [1.807, 2.05) is 29.2 Å². The van der Waals surface area contributed by atoms with Gasteiger partial charge in [0.1, 0.15) is 0 Å². The Morgan fingerprint density at radius 2 is 2.10 bits per heavy atom. The third-order valence-electron chi connectivity index (χ3n) is 1.09. The first-order chi connectivity index (χ1) is 4.88. The normalized spacial score (nSPS) is 8.70. The Morgan fingerprint density at radius 1 is 1.40 bits per heavy atom. The van der Waals surface area contributed by atoms with Crippen molar-refractivity contribution < 1.29 is 0 Å². The van der Waals surface area contributed by atoms with Gasteiger partial charge in [0, 0.05) is 0 Å². The number of hydrogen-bond acceptors (Lipinski definition) is 2. The molecule has 3 heteroatoms. The molecule has 0 atom stereocenters. The number of rotatable bonds is 1. The molecule has 0 unspecified atom stereocenters. The molecule has 0 aliphatic carbocycles. The minimum absolute atomic E-state index is 0.246. The molecule has 10 heavy (non-hydrogen) atoms. The molecule has 0 saturated carbocycles. The van der Waals surface area contributed by atoms with Gasteiger partial charge in [-0.1, -0.05) is 0 Å². The summed E-state index contributed by atoms with van der Waals surface area (Å²) >= 11 is 0.246. The van der Waals surface area contributed by atoms with Crippen LogP contribution in [-0.4, -0.2) is 14.5 Å². The fourth-order valence-corrected chi connectivity index (χ4v) is 2.11. The Hall–Kier alpha value is -1.02. The van der Waals surface area contributed by atoms with Crippen LogP contribution in [0.2, 0.25) is 0 Å². The zero-order chi connectivity index (χ0) is 7.40. The van der Waals surface area contributed by atoms with Crippen LogP contribution in [0, 0.1) is 22.7 Å². The Balaban J connectivity index is 2.89. The van der Waals surface area contributed by atoms with Crippen molar-refractivity contribution in [2.24, 2.45) is 0 Å². The van der Waals surface area contributed by atoms with Gasteiger partial charge in [-0.3, -0.25) is 0 Å². The average Bonchev–Trinajstić information content (AvgIpc) is 2.43. The van der Waals surface area contributed by atoms with Gasteiger partial charge < -0.3 is 0 Å². The average molecular weight is 195 g/mol. The fourth-order valence-electron chi connectivity index (χ4n) is 0.612. The third kappa shape index (κ3) is 1.28. The van der Waals surface area contributed by atoms with Gasteiger partial charge in [-0.15, -0.1) is 0 Å². The van der Waals surface area contributed by atoms with Gasteiger partial charge >= 0.3 is 64.6 Å². The van der Waals surface area contributed by atoms with E-state index in [1.54, 1.807) is 0 Å². The van der Waals surface area contributed by atoms with Crippen molar-refractivity contribution in [2.45, 2.75) is 5.92 Å². The second-order valence-electron chi connectivity index (χ2n) is 1.71. The summed E-state index contributed by atoms with van der Waals surface area (Å²) in [5, 5.41) is 16.9. The molecule has 1 heterocycles. The monoisotopic (exact) mass is 196 g/mol. The van der Waals surface area contributed by atoms with Crippen molar-refractivity contribution in [3.8, 4) is 12.1 Å². The van der Waals surface area contributed by atoms with Gasteiger partial charge in [-0.25, -0.2) is 0 Å². The molecule has 0 N–H and O–H groups in total. The van der Waals surface area contributed by atoms with Crippen LogP contribution in [0.4, 0.5) is 0 Å². The van der Waals surface area contributed by atoms with E-state index in [9.17, 15) is 0 Å². The fraction of sp³-hybridized carbons (Fsp3) is 0.143. The predicted octanol–water partition coefficient (Wildman–Crippen LogP) is 0.874. The van der Waals surface area contributed by atoms with Gasteiger partial charge in [-0.05, 0) is 0 Å². The zero-order valence-corrected chi connectivity index (χ0v) is 6.83. The van der Waals surface area contributed by atoms with Crippen LogP contribution in [0.15, 0.2) is 17.1 Å². The molecule has 1 aromatic rings. The first kappa shape index (κ1) is 7.09. The van der Waals surface area contributed by atoms with Crippen molar-refractivity contribution in [3.63, 3.8) is 0 Å². The number of hydrogen-bond donors (Lipinski definition) is 0. The quantitative estimate of drug-likeness (QED) is 0.624. The summed E-state index contributed by atoms with van der Waals surface area (Å²) in [6, 6.07) is 7.64. The first-order valence-electron chi connectivity index (χ1n) is 2.71. The van der Waals surface area contributed by atoms with E-state index in [1.165, 1.54) is 0 Å². The molecule has 0 fully saturated rings. The maximum atomic E-state index is 8.46. The van der Waals surface area contributed by atoms with E-state index in [-0.39, 0.29) is 14.5 Å². The van der Waals surface area contributed by atoms with Crippen LogP contribution in [0.25, 0.3) is 0 Å². The molecule has 1 rings (SSSR count). The van der Waals surface area contributed by atoms with E-state index in [0.29, 0.717) is 0 Å². The van der Waals surface area contributed by atoms with Crippen LogP contribution < -0.4 is 0 Å². The van der Waals surface area contributed by atoms with Gasteiger partial charge in [-0.2, -0.15) is 0 Å². The third-order valence-corrected chi connectivity index (χ3v) is 3.05. The van der Waals surface area contributed by atoms with Crippen LogP contribution >= 0.6 is 0 Å². The molecule has 0 bridgehead atoms. The molecule has 0 spiro atoms. The van der Waals surface area contributed by atoms with E-state index in [2.05, 4.69) is 0 Å². The van der Waals surface area contributed by atoms with Gasteiger partial charge in [0.05, 0.1) is 0 Å². The summed E-state index contributed by atoms with van der Waals surface area (Å²) in [6.07, 6.45) is 0. The molecule has 2 nitrogen and oxygen atoms in total. The molecule has 0 aliphatic rings. The molecule has 0 aliphatic heterocycles. The second kappa shape index (κ2) is 3.22. The van der Waals surface area contributed by atoms with E-state index in [4.69, 9.17) is 10.5 Å². The van der Waals surface area contributed by atoms with E-state index in [0.717, 1.165) is 4.44 Å². The van der Waals surface area contributed by atoms with E-state index >= 15 is 0 Å². The maximum absolute atomic E-state index is 8.46. The molecular weight excluding hydrogens is 191 g/mol. The van der Waals surface area contributed by atoms with Crippen LogP contribution in [-0.2, 0) is 0 Å². The predicted molar refractivity (Wildman–Crippen MR) is 37.3 cm³/mol. The molecule has 0 radical (unpaired) electrons. The summed E-state index contributed by atoms with van der Waals surface area (Å²) in [5.41, 5.74) is 0. The van der Waals surface area contributed by atoms with Crippen molar-refractivity contribution in [1.29, 1.82) is 10.5 Å². The standard InChI is InChI=1S/C7H4N2Se/c8-4-6(5-9)7-2-1-3-10-7/h1-3,6H. The zero-order valence-electron chi connectivity index (χ0n) is 5.11.